The molecule has 0 radical (unpaired) electrons. The van der Waals surface area contributed by atoms with Crippen molar-refractivity contribution in [2.24, 2.45) is 0 Å². The maximum atomic E-state index is 12.6. The molecule has 0 saturated carbocycles. The van der Waals surface area contributed by atoms with E-state index in [4.69, 9.17) is 11.6 Å². The first-order valence-electron chi connectivity index (χ1n) is 7.60. The average molecular weight is 389 g/mol. The van der Waals surface area contributed by atoms with Gasteiger partial charge in [-0.2, -0.15) is 0 Å². The Kier molecular flexibility index (Phi) is 5.11. The molecule has 0 spiro atoms. The van der Waals surface area contributed by atoms with Gasteiger partial charge in [0.05, 0.1) is 16.4 Å². The van der Waals surface area contributed by atoms with Crippen LogP contribution in [0.15, 0.2) is 47.4 Å². The molecular formula is C18H13ClN2O4S. The number of carbonyl (C=O) groups is 2. The van der Waals surface area contributed by atoms with E-state index < -0.39 is 16.1 Å². The molecule has 1 aliphatic rings. The second-order valence-electron chi connectivity index (χ2n) is 5.66. The molecule has 2 amide bonds. The molecular weight excluding hydrogens is 376 g/mol. The van der Waals surface area contributed by atoms with Gasteiger partial charge in [0, 0.05) is 16.7 Å². The lowest BCUT2D eigenvalue weighted by Crippen LogP contribution is -2.27. The van der Waals surface area contributed by atoms with Crippen LogP contribution in [0, 0.1) is 17.0 Å². The first kappa shape index (κ1) is 18.2. The Labute approximate surface area is 158 Å². The fraction of sp³-hybridized carbons (Fsp3) is 0.111. The fourth-order valence-corrected chi connectivity index (χ4v) is 3.53. The van der Waals surface area contributed by atoms with Crippen LogP contribution in [0.3, 0.4) is 0 Å². The number of nitro groups is 1. The van der Waals surface area contributed by atoms with Crippen molar-refractivity contribution in [3.05, 3.63) is 79.2 Å². The Morgan fingerprint density at radius 1 is 1.23 bits per heavy atom. The van der Waals surface area contributed by atoms with E-state index in [-0.39, 0.29) is 17.1 Å². The van der Waals surface area contributed by atoms with Crippen LogP contribution in [0.4, 0.5) is 10.5 Å². The van der Waals surface area contributed by atoms with Gasteiger partial charge in [-0.15, -0.1) is 0 Å². The molecule has 3 rings (SSSR count). The topological polar surface area (TPSA) is 80.5 Å². The minimum absolute atomic E-state index is 0.0333. The molecule has 8 heteroatoms. The summed E-state index contributed by atoms with van der Waals surface area (Å²) in [6, 6.07) is 11.7. The highest BCUT2D eigenvalue weighted by atomic mass is 35.5. The largest absolute Gasteiger partial charge is 0.293 e. The summed E-state index contributed by atoms with van der Waals surface area (Å²) in [7, 11) is 0. The van der Waals surface area contributed by atoms with Crippen LogP contribution in [-0.2, 0) is 11.3 Å². The predicted octanol–water partition coefficient (Wildman–Crippen LogP) is 4.79. The van der Waals surface area contributed by atoms with Crippen molar-refractivity contribution < 1.29 is 14.5 Å². The number of aryl methyl sites for hydroxylation is 1. The highest BCUT2D eigenvalue weighted by molar-refractivity contribution is 8.18. The second-order valence-corrected chi connectivity index (χ2v) is 7.06. The molecule has 0 aliphatic carbocycles. The van der Waals surface area contributed by atoms with E-state index in [1.165, 1.54) is 12.1 Å². The van der Waals surface area contributed by atoms with E-state index in [1.54, 1.807) is 43.3 Å². The predicted molar refractivity (Wildman–Crippen MR) is 101 cm³/mol. The number of benzene rings is 2. The number of hydrogen-bond acceptors (Lipinski definition) is 5. The standard InChI is InChI=1S/C18H13ClN2O4S/c1-11-6-7-12(8-15(11)21(24)25)9-16-17(22)20(18(23)26-16)10-13-4-2-3-5-14(13)19/h2-9H,10H2,1H3/b16-9-. The van der Waals surface area contributed by atoms with Gasteiger partial charge in [0.25, 0.3) is 16.8 Å². The molecule has 2 aromatic carbocycles. The van der Waals surface area contributed by atoms with Gasteiger partial charge in [-0.3, -0.25) is 24.6 Å². The van der Waals surface area contributed by atoms with Crippen molar-refractivity contribution in [3.63, 3.8) is 0 Å². The van der Waals surface area contributed by atoms with Crippen molar-refractivity contribution >= 4 is 46.3 Å². The highest BCUT2D eigenvalue weighted by Gasteiger charge is 2.35. The molecule has 1 fully saturated rings. The molecule has 1 aliphatic heterocycles. The third kappa shape index (κ3) is 3.63. The van der Waals surface area contributed by atoms with E-state index in [1.807, 2.05) is 0 Å². The minimum atomic E-state index is -0.476. The number of thioether (sulfide) groups is 1. The molecule has 132 valence electrons. The molecule has 0 atom stereocenters. The molecule has 1 saturated heterocycles. The van der Waals surface area contributed by atoms with E-state index in [9.17, 15) is 19.7 Å². The number of carbonyl (C=O) groups excluding carboxylic acids is 2. The third-order valence-corrected chi connectivity index (χ3v) is 5.16. The summed E-state index contributed by atoms with van der Waals surface area (Å²) in [5.74, 6) is -0.442. The van der Waals surface area contributed by atoms with Crippen LogP contribution in [0.1, 0.15) is 16.7 Å². The van der Waals surface area contributed by atoms with Gasteiger partial charge >= 0.3 is 0 Å². The van der Waals surface area contributed by atoms with Crippen molar-refractivity contribution in [2.45, 2.75) is 13.5 Å². The van der Waals surface area contributed by atoms with E-state index in [2.05, 4.69) is 0 Å². The van der Waals surface area contributed by atoms with Crippen molar-refractivity contribution in [2.75, 3.05) is 0 Å². The van der Waals surface area contributed by atoms with Gasteiger partial charge in [0.15, 0.2) is 0 Å². The summed E-state index contributed by atoms with van der Waals surface area (Å²) >= 11 is 6.90. The zero-order valence-electron chi connectivity index (χ0n) is 13.6. The number of halogens is 1. The molecule has 2 aromatic rings. The average Bonchev–Trinajstić information content (AvgIpc) is 2.85. The minimum Gasteiger partial charge on any atom is -0.268 e. The molecule has 0 aromatic heterocycles. The SMILES string of the molecule is Cc1ccc(/C=C2\SC(=O)N(Cc3ccccc3Cl)C2=O)cc1[N+](=O)[O-]. The number of nitro benzene ring substituents is 1. The highest BCUT2D eigenvalue weighted by Crippen LogP contribution is 2.34. The number of rotatable bonds is 4. The summed E-state index contributed by atoms with van der Waals surface area (Å²) in [5.41, 5.74) is 1.65. The van der Waals surface area contributed by atoms with Gasteiger partial charge in [0.2, 0.25) is 0 Å². The van der Waals surface area contributed by atoms with Gasteiger partial charge in [-0.05, 0) is 42.0 Å². The van der Waals surface area contributed by atoms with Gasteiger partial charge in [-0.1, -0.05) is 41.9 Å². The van der Waals surface area contributed by atoms with Gasteiger partial charge in [0.1, 0.15) is 0 Å². The van der Waals surface area contributed by atoms with Crippen LogP contribution in [0.5, 0.6) is 0 Å². The summed E-state index contributed by atoms with van der Waals surface area (Å²) in [6.07, 6.45) is 1.49. The molecule has 26 heavy (non-hydrogen) atoms. The number of imide groups is 1. The lowest BCUT2D eigenvalue weighted by molar-refractivity contribution is -0.385. The lowest BCUT2D eigenvalue weighted by Gasteiger charge is -2.13. The van der Waals surface area contributed by atoms with E-state index >= 15 is 0 Å². The Morgan fingerprint density at radius 3 is 2.65 bits per heavy atom. The fourth-order valence-electron chi connectivity index (χ4n) is 2.50. The third-order valence-electron chi connectivity index (χ3n) is 3.89. The van der Waals surface area contributed by atoms with Crippen molar-refractivity contribution in [3.8, 4) is 0 Å². The van der Waals surface area contributed by atoms with Crippen LogP contribution in [0.25, 0.3) is 6.08 Å². The molecule has 6 nitrogen and oxygen atoms in total. The maximum absolute atomic E-state index is 12.6. The van der Waals surface area contributed by atoms with E-state index in [0.29, 0.717) is 21.7 Å². The van der Waals surface area contributed by atoms with Crippen LogP contribution >= 0.6 is 23.4 Å². The number of nitrogens with zero attached hydrogens (tertiary/aromatic N) is 2. The first-order chi connectivity index (χ1) is 12.4. The van der Waals surface area contributed by atoms with Crippen molar-refractivity contribution in [1.29, 1.82) is 0 Å². The first-order valence-corrected chi connectivity index (χ1v) is 8.80. The molecule has 0 bridgehead atoms. The molecule has 0 N–H and O–H groups in total. The van der Waals surface area contributed by atoms with Crippen LogP contribution < -0.4 is 0 Å². The van der Waals surface area contributed by atoms with E-state index in [0.717, 1.165) is 16.7 Å². The normalized spacial score (nSPS) is 15.8. The number of amides is 2. The quantitative estimate of drug-likeness (QED) is 0.427. The lowest BCUT2D eigenvalue weighted by atomic mass is 10.1. The zero-order valence-corrected chi connectivity index (χ0v) is 15.2. The van der Waals surface area contributed by atoms with Gasteiger partial charge < -0.3 is 0 Å². The Bertz CT molecular complexity index is 958. The summed E-state index contributed by atoms with van der Waals surface area (Å²) in [4.78, 5) is 36.7. The smallest absolute Gasteiger partial charge is 0.268 e. The Balaban J connectivity index is 1.87. The summed E-state index contributed by atoms with van der Waals surface area (Å²) < 4.78 is 0. The summed E-state index contributed by atoms with van der Waals surface area (Å²) in [5, 5.41) is 11.1. The van der Waals surface area contributed by atoms with Crippen LogP contribution in [0.2, 0.25) is 5.02 Å². The summed E-state index contributed by atoms with van der Waals surface area (Å²) in [6.45, 7) is 1.72. The van der Waals surface area contributed by atoms with Crippen molar-refractivity contribution in [1.82, 2.24) is 4.90 Å². The number of hydrogen-bond donors (Lipinski definition) is 0. The molecule has 1 heterocycles. The van der Waals surface area contributed by atoms with Crippen LogP contribution in [-0.4, -0.2) is 21.0 Å². The molecule has 0 unspecified atom stereocenters. The Morgan fingerprint density at radius 2 is 1.96 bits per heavy atom. The van der Waals surface area contributed by atoms with Gasteiger partial charge in [-0.25, -0.2) is 0 Å². The zero-order chi connectivity index (χ0) is 18.8. The maximum Gasteiger partial charge on any atom is 0.293 e. The Hall–Kier alpha value is -2.64. The monoisotopic (exact) mass is 388 g/mol. The second kappa shape index (κ2) is 7.31.